The van der Waals surface area contributed by atoms with Crippen molar-refractivity contribution in [1.29, 1.82) is 0 Å². The molecular formula is C34H52O15. The molecule has 15 heteroatoms. The molecule has 4 rings (SSSR count). The average Bonchev–Trinajstić information content (AvgIpc) is 3.12. The van der Waals surface area contributed by atoms with Crippen LogP contribution in [0.25, 0.3) is 0 Å². The highest BCUT2D eigenvalue weighted by Crippen LogP contribution is 2.33. The molecule has 2 aliphatic heterocycles. The third-order valence-corrected chi connectivity index (χ3v) is 9.82. The molecule has 0 amide bonds. The van der Waals surface area contributed by atoms with Crippen LogP contribution in [0.2, 0.25) is 0 Å². The molecule has 2 saturated heterocycles. The van der Waals surface area contributed by atoms with Crippen LogP contribution in [-0.2, 0) is 38.1 Å². The molecule has 0 bridgehead atoms. The zero-order valence-electron chi connectivity index (χ0n) is 28.2. The third kappa shape index (κ3) is 10.2. The lowest BCUT2D eigenvalue weighted by Gasteiger charge is -2.45. The normalized spacial score (nSPS) is 34.5. The lowest BCUT2D eigenvalue weighted by molar-refractivity contribution is -0.333. The van der Waals surface area contributed by atoms with Gasteiger partial charge in [-0.2, -0.15) is 5.26 Å². The second-order valence-electron chi connectivity index (χ2n) is 13.3. The average molecular weight is 701 g/mol. The Morgan fingerprint density at radius 3 is 2.22 bits per heavy atom. The summed E-state index contributed by atoms with van der Waals surface area (Å²) < 4.78 is 35.8. The summed E-state index contributed by atoms with van der Waals surface area (Å²) in [6.45, 7) is 4.35. The van der Waals surface area contributed by atoms with Gasteiger partial charge >= 0.3 is 11.9 Å². The standard InChI is InChI=1S/C34H52O15/c1-4-18(2)24(47-33-28(39)27(38)25(36)19(3)44-33)17-43-34-30(48-31(40)21-13-9-6-10-14-21)29(26(37)23(16-35)46-34)45-22(32(41)49-42)15-20-11-7-5-8-12-20/h6,9-10,13-14,18-20,22-30,33-39,42H,4-5,7-8,11-12,15-17H2,1-3H3/t18?,19?,22-,23?,24?,25?,26?,27?,28?,29?,30?,33?,34?/m0/s1. The summed E-state index contributed by atoms with van der Waals surface area (Å²) in [5.74, 6) is -2.04. The van der Waals surface area contributed by atoms with Gasteiger partial charge in [0, 0.05) is 0 Å². The monoisotopic (exact) mass is 700 g/mol. The van der Waals surface area contributed by atoms with Crippen molar-refractivity contribution >= 4 is 11.9 Å². The van der Waals surface area contributed by atoms with E-state index in [-0.39, 0.29) is 30.4 Å². The molecule has 0 spiro atoms. The Labute approximate surface area is 285 Å². The molecule has 1 aromatic carbocycles. The van der Waals surface area contributed by atoms with Crippen LogP contribution in [0.5, 0.6) is 0 Å². The molecule has 15 nitrogen and oxygen atoms in total. The first kappa shape index (κ1) is 39.5. The first-order valence-corrected chi connectivity index (χ1v) is 17.2. The van der Waals surface area contributed by atoms with Gasteiger partial charge in [0.05, 0.1) is 31.0 Å². The number of hydrogen-bond donors (Lipinski definition) is 6. The first-order valence-electron chi connectivity index (χ1n) is 17.2. The van der Waals surface area contributed by atoms with Gasteiger partial charge in [0.25, 0.3) is 0 Å². The Morgan fingerprint density at radius 1 is 0.898 bits per heavy atom. The highest BCUT2D eigenvalue weighted by molar-refractivity contribution is 5.89. The van der Waals surface area contributed by atoms with Crippen LogP contribution < -0.4 is 0 Å². The van der Waals surface area contributed by atoms with Gasteiger partial charge in [-0.1, -0.05) is 70.6 Å². The number of ether oxygens (including phenoxy) is 6. The third-order valence-electron chi connectivity index (χ3n) is 9.82. The van der Waals surface area contributed by atoms with E-state index in [0.29, 0.717) is 6.42 Å². The molecule has 1 aromatic rings. The van der Waals surface area contributed by atoms with Gasteiger partial charge < -0.3 is 54.0 Å². The highest BCUT2D eigenvalue weighted by Gasteiger charge is 2.51. The largest absolute Gasteiger partial charge is 0.450 e. The fourth-order valence-electron chi connectivity index (χ4n) is 6.49. The van der Waals surface area contributed by atoms with E-state index in [1.807, 2.05) is 13.8 Å². The van der Waals surface area contributed by atoms with Crippen LogP contribution in [0.15, 0.2) is 30.3 Å². The summed E-state index contributed by atoms with van der Waals surface area (Å²) in [4.78, 5) is 30.2. The molecular weight excluding hydrogens is 648 g/mol. The molecule has 278 valence electrons. The molecule has 3 fully saturated rings. The Bertz CT molecular complexity index is 1150. The van der Waals surface area contributed by atoms with Crippen LogP contribution in [0.3, 0.4) is 0 Å². The molecule has 13 atom stereocenters. The first-order chi connectivity index (χ1) is 23.5. The zero-order valence-corrected chi connectivity index (χ0v) is 28.2. The van der Waals surface area contributed by atoms with Gasteiger partial charge in [-0.25, -0.2) is 9.59 Å². The van der Waals surface area contributed by atoms with E-state index in [1.54, 1.807) is 18.2 Å². The lowest BCUT2D eigenvalue weighted by Crippen LogP contribution is -2.63. The number of carbonyl (C=O) groups excluding carboxylic acids is 2. The molecule has 2 heterocycles. The fourth-order valence-corrected chi connectivity index (χ4v) is 6.49. The van der Waals surface area contributed by atoms with Gasteiger partial charge in [0.15, 0.2) is 24.8 Å². The summed E-state index contributed by atoms with van der Waals surface area (Å²) >= 11 is 0. The minimum absolute atomic E-state index is 0.0778. The predicted octanol–water partition coefficient (Wildman–Crippen LogP) is 1.31. The topological polar surface area (TPSA) is 220 Å². The minimum atomic E-state index is -1.61. The number of aliphatic hydroxyl groups excluding tert-OH is 5. The number of esters is 1. The number of hydrogen-bond acceptors (Lipinski definition) is 15. The van der Waals surface area contributed by atoms with Crippen molar-refractivity contribution in [2.75, 3.05) is 13.2 Å². The van der Waals surface area contributed by atoms with Crippen LogP contribution in [0.4, 0.5) is 0 Å². The van der Waals surface area contributed by atoms with E-state index in [4.69, 9.17) is 28.4 Å². The van der Waals surface area contributed by atoms with Crippen LogP contribution in [-0.4, -0.2) is 130 Å². The second kappa shape index (κ2) is 18.8. The Morgan fingerprint density at radius 2 is 1.59 bits per heavy atom. The molecule has 3 aliphatic rings. The maximum Gasteiger partial charge on any atom is 0.370 e. The van der Waals surface area contributed by atoms with Crippen LogP contribution >= 0.6 is 0 Å². The van der Waals surface area contributed by atoms with E-state index in [1.165, 1.54) is 19.1 Å². The van der Waals surface area contributed by atoms with Gasteiger partial charge in [-0.15, -0.1) is 0 Å². The minimum Gasteiger partial charge on any atom is -0.450 e. The molecule has 0 radical (unpaired) electrons. The molecule has 1 saturated carbocycles. The van der Waals surface area contributed by atoms with Crippen molar-refractivity contribution in [2.24, 2.45) is 11.8 Å². The summed E-state index contributed by atoms with van der Waals surface area (Å²) in [6, 6.07) is 8.03. The summed E-state index contributed by atoms with van der Waals surface area (Å²) in [5, 5.41) is 61.8. The van der Waals surface area contributed by atoms with E-state index < -0.39 is 92.2 Å². The van der Waals surface area contributed by atoms with Crippen molar-refractivity contribution in [2.45, 2.75) is 139 Å². The SMILES string of the molecule is CCC(C)C(COC1OC(CO)C(O)C(O[C@@H](CC2CCCCC2)C(=O)OO)C1OC(=O)c1ccccc1)OC1OC(C)C(O)C(O)C1O. The number of rotatable bonds is 15. The molecule has 12 unspecified atom stereocenters. The maximum absolute atomic E-state index is 13.4. The summed E-state index contributed by atoms with van der Waals surface area (Å²) in [5.41, 5.74) is 0.173. The molecule has 49 heavy (non-hydrogen) atoms. The molecule has 1 aliphatic carbocycles. The van der Waals surface area contributed by atoms with Crippen molar-refractivity contribution < 1.29 is 73.7 Å². The maximum atomic E-state index is 13.4. The van der Waals surface area contributed by atoms with Gasteiger partial charge in [-0.05, 0) is 37.3 Å². The molecule has 6 N–H and O–H groups in total. The van der Waals surface area contributed by atoms with E-state index in [0.717, 1.165) is 32.1 Å². The lowest BCUT2D eigenvalue weighted by atomic mass is 9.85. The van der Waals surface area contributed by atoms with Crippen LogP contribution in [0.1, 0.15) is 76.1 Å². The predicted molar refractivity (Wildman–Crippen MR) is 169 cm³/mol. The number of benzene rings is 1. The van der Waals surface area contributed by atoms with E-state index in [9.17, 15) is 40.4 Å². The van der Waals surface area contributed by atoms with Gasteiger partial charge in [0.1, 0.15) is 36.6 Å². The number of aliphatic hydroxyl groups is 5. The van der Waals surface area contributed by atoms with Crippen LogP contribution in [0, 0.1) is 11.8 Å². The highest BCUT2D eigenvalue weighted by atomic mass is 17.1. The Hall–Kier alpha value is -2.28. The Kier molecular flexibility index (Phi) is 15.2. The van der Waals surface area contributed by atoms with Crippen molar-refractivity contribution in [3.8, 4) is 0 Å². The van der Waals surface area contributed by atoms with Crippen molar-refractivity contribution in [3.05, 3.63) is 35.9 Å². The Balaban J connectivity index is 1.61. The van der Waals surface area contributed by atoms with Gasteiger partial charge in [-0.3, -0.25) is 4.89 Å². The fraction of sp³-hybridized carbons (Fsp3) is 0.765. The zero-order chi connectivity index (χ0) is 35.7. The molecule has 0 aromatic heterocycles. The van der Waals surface area contributed by atoms with E-state index >= 15 is 0 Å². The summed E-state index contributed by atoms with van der Waals surface area (Å²) in [7, 11) is 0. The second-order valence-corrected chi connectivity index (χ2v) is 13.3. The summed E-state index contributed by atoms with van der Waals surface area (Å²) in [6.07, 6.45) is -10.7. The number of carbonyl (C=O) groups is 2. The van der Waals surface area contributed by atoms with E-state index in [2.05, 4.69) is 4.89 Å². The van der Waals surface area contributed by atoms with Crippen molar-refractivity contribution in [3.63, 3.8) is 0 Å². The smallest absolute Gasteiger partial charge is 0.370 e. The van der Waals surface area contributed by atoms with Gasteiger partial charge in [0.2, 0.25) is 0 Å². The van der Waals surface area contributed by atoms with Crippen molar-refractivity contribution in [1.82, 2.24) is 0 Å². The quantitative estimate of drug-likeness (QED) is 0.0863.